The second-order valence-electron chi connectivity index (χ2n) is 7.16. The molecule has 5 nitrogen and oxygen atoms in total. The van der Waals surface area contributed by atoms with E-state index < -0.39 is 11.0 Å². The summed E-state index contributed by atoms with van der Waals surface area (Å²) >= 11 is 0. The first-order valence-corrected chi connectivity index (χ1v) is 8.73. The van der Waals surface area contributed by atoms with E-state index in [0.29, 0.717) is 13.0 Å². The van der Waals surface area contributed by atoms with Gasteiger partial charge in [0, 0.05) is 24.1 Å². The molecule has 1 aliphatic rings. The summed E-state index contributed by atoms with van der Waals surface area (Å²) in [5.41, 5.74) is 5.80. The molecule has 3 unspecified atom stereocenters. The van der Waals surface area contributed by atoms with Crippen LogP contribution in [-0.2, 0) is 9.53 Å². The van der Waals surface area contributed by atoms with Crippen molar-refractivity contribution in [2.24, 2.45) is 11.1 Å². The quantitative estimate of drug-likeness (QED) is 0.802. The van der Waals surface area contributed by atoms with E-state index in [-0.39, 0.29) is 18.1 Å². The fourth-order valence-corrected chi connectivity index (χ4v) is 3.00. The lowest BCUT2D eigenvalue weighted by atomic mass is 9.54. The van der Waals surface area contributed by atoms with E-state index in [1.807, 2.05) is 52.0 Å². The Hall–Kier alpha value is -1.59. The summed E-state index contributed by atoms with van der Waals surface area (Å²) in [4.78, 5) is 12.7. The number of hydrogen-bond acceptors (Lipinski definition) is 4. The van der Waals surface area contributed by atoms with Gasteiger partial charge in [0.15, 0.2) is 0 Å². The summed E-state index contributed by atoms with van der Waals surface area (Å²) < 4.78 is 11.4. The number of amides is 1. The molecular weight excluding hydrogens is 304 g/mol. The van der Waals surface area contributed by atoms with Crippen LogP contribution < -0.4 is 15.8 Å². The Labute approximate surface area is 144 Å². The zero-order chi connectivity index (χ0) is 18.0. The highest BCUT2D eigenvalue weighted by Gasteiger charge is 2.62. The van der Waals surface area contributed by atoms with Crippen molar-refractivity contribution in [3.05, 3.63) is 24.3 Å². The molecule has 1 saturated carbocycles. The van der Waals surface area contributed by atoms with Crippen LogP contribution in [0.25, 0.3) is 0 Å². The first kappa shape index (κ1) is 18.7. The Morgan fingerprint density at radius 3 is 2.46 bits per heavy atom. The molecule has 0 aromatic heterocycles. The fraction of sp³-hybridized carbons (Fsp3) is 0.632. The van der Waals surface area contributed by atoms with Crippen molar-refractivity contribution in [2.75, 3.05) is 11.9 Å². The van der Waals surface area contributed by atoms with E-state index in [1.54, 1.807) is 0 Å². The topological polar surface area (TPSA) is 73.6 Å². The molecule has 0 heterocycles. The van der Waals surface area contributed by atoms with Crippen LogP contribution in [0.1, 0.15) is 47.5 Å². The molecule has 3 N–H and O–H groups in total. The largest absolute Gasteiger partial charge is 0.491 e. The minimum Gasteiger partial charge on any atom is -0.491 e. The first-order valence-electron chi connectivity index (χ1n) is 8.73. The molecule has 24 heavy (non-hydrogen) atoms. The monoisotopic (exact) mass is 334 g/mol. The molecule has 0 saturated heterocycles. The average Bonchev–Trinajstić information content (AvgIpc) is 2.56. The van der Waals surface area contributed by atoms with Crippen LogP contribution in [0, 0.1) is 5.41 Å². The van der Waals surface area contributed by atoms with E-state index in [2.05, 4.69) is 12.2 Å². The van der Waals surface area contributed by atoms with Gasteiger partial charge < -0.3 is 20.5 Å². The van der Waals surface area contributed by atoms with Crippen molar-refractivity contribution >= 4 is 11.6 Å². The number of rotatable bonds is 7. The van der Waals surface area contributed by atoms with Crippen LogP contribution in [0.5, 0.6) is 5.75 Å². The minimum atomic E-state index is -0.918. The molecule has 2 rings (SSSR count). The van der Waals surface area contributed by atoms with Crippen LogP contribution in [0.3, 0.4) is 0 Å². The van der Waals surface area contributed by atoms with E-state index in [4.69, 9.17) is 15.2 Å². The summed E-state index contributed by atoms with van der Waals surface area (Å²) in [5, 5.41) is 2.92. The molecule has 0 spiro atoms. The Bertz CT molecular complexity index is 570. The van der Waals surface area contributed by atoms with Crippen LogP contribution in [0.2, 0.25) is 0 Å². The lowest BCUT2D eigenvalue weighted by Gasteiger charge is -2.57. The Morgan fingerprint density at radius 1 is 1.33 bits per heavy atom. The van der Waals surface area contributed by atoms with Crippen LogP contribution >= 0.6 is 0 Å². The van der Waals surface area contributed by atoms with Crippen molar-refractivity contribution < 1.29 is 14.3 Å². The van der Waals surface area contributed by atoms with Gasteiger partial charge in [0.05, 0.1) is 12.2 Å². The van der Waals surface area contributed by atoms with Crippen molar-refractivity contribution in [1.82, 2.24) is 0 Å². The summed E-state index contributed by atoms with van der Waals surface area (Å²) in [7, 11) is 0. The number of ether oxygens (including phenoxy) is 2. The smallest absolute Gasteiger partial charge is 0.245 e. The molecule has 0 aliphatic heterocycles. The summed E-state index contributed by atoms with van der Waals surface area (Å²) in [5.74, 6) is 0.629. The predicted molar refractivity (Wildman–Crippen MR) is 96.2 cm³/mol. The Balaban J connectivity index is 2.00. The zero-order valence-corrected chi connectivity index (χ0v) is 15.4. The molecule has 5 heteroatoms. The number of carbonyl (C=O) groups is 1. The van der Waals surface area contributed by atoms with Gasteiger partial charge in [-0.05, 0) is 44.5 Å². The van der Waals surface area contributed by atoms with Gasteiger partial charge in [0.1, 0.15) is 11.3 Å². The average molecular weight is 334 g/mol. The molecule has 3 atom stereocenters. The Kier molecular flexibility index (Phi) is 5.56. The van der Waals surface area contributed by atoms with Crippen molar-refractivity contribution in [1.29, 1.82) is 0 Å². The molecular formula is C19H30N2O3. The van der Waals surface area contributed by atoms with Crippen LogP contribution in [0.15, 0.2) is 24.3 Å². The number of hydrogen-bond donors (Lipinski definition) is 2. The van der Waals surface area contributed by atoms with Gasteiger partial charge in [-0.1, -0.05) is 20.8 Å². The number of carbonyl (C=O) groups excluding carboxylic acids is 1. The summed E-state index contributed by atoms with van der Waals surface area (Å²) in [6, 6.07) is 7.40. The third-order valence-electron chi connectivity index (χ3n) is 5.26. The molecule has 1 amide bonds. The summed E-state index contributed by atoms with van der Waals surface area (Å²) in [6.07, 6.45) is 1.67. The van der Waals surface area contributed by atoms with Gasteiger partial charge in [-0.2, -0.15) is 0 Å². The molecule has 1 fully saturated rings. The molecule has 134 valence electrons. The molecule has 1 aliphatic carbocycles. The van der Waals surface area contributed by atoms with E-state index >= 15 is 0 Å². The highest BCUT2D eigenvalue weighted by Crippen LogP contribution is 2.50. The molecule has 0 bridgehead atoms. The van der Waals surface area contributed by atoms with E-state index in [1.165, 1.54) is 0 Å². The third-order valence-corrected chi connectivity index (χ3v) is 5.26. The number of benzene rings is 1. The lowest BCUT2D eigenvalue weighted by Crippen LogP contribution is -2.74. The highest BCUT2D eigenvalue weighted by atomic mass is 16.5. The Morgan fingerprint density at radius 2 is 1.96 bits per heavy atom. The second kappa shape index (κ2) is 7.11. The van der Waals surface area contributed by atoms with Crippen molar-refractivity contribution in [3.63, 3.8) is 0 Å². The van der Waals surface area contributed by atoms with Gasteiger partial charge in [-0.3, -0.25) is 4.79 Å². The van der Waals surface area contributed by atoms with Gasteiger partial charge in [0.25, 0.3) is 0 Å². The number of nitrogens with one attached hydrogen (secondary N) is 1. The molecule has 0 radical (unpaired) electrons. The van der Waals surface area contributed by atoms with Crippen molar-refractivity contribution in [2.45, 2.75) is 65.2 Å². The van der Waals surface area contributed by atoms with Crippen molar-refractivity contribution in [3.8, 4) is 5.75 Å². The SMILES string of the molecule is CCOC1CC(N)(C(=O)Nc2ccc(OC(C)CC)cc2)C1(C)C. The fourth-order valence-electron chi connectivity index (χ4n) is 3.00. The maximum absolute atomic E-state index is 12.7. The predicted octanol–water partition coefficient (Wildman–Crippen LogP) is 3.33. The highest BCUT2D eigenvalue weighted by molar-refractivity contribution is 5.99. The molecule has 1 aromatic rings. The standard InChI is InChI=1S/C19H30N2O3/c1-6-13(3)24-15-10-8-14(9-11-15)21-17(22)19(20)12-16(23-7-2)18(19,4)5/h8-11,13,16H,6-7,12,20H2,1-5H3,(H,21,22). The van der Waals surface area contributed by atoms with Gasteiger partial charge >= 0.3 is 0 Å². The third kappa shape index (κ3) is 3.42. The van der Waals surface area contributed by atoms with E-state index in [0.717, 1.165) is 17.9 Å². The maximum atomic E-state index is 12.7. The summed E-state index contributed by atoms with van der Waals surface area (Å²) in [6.45, 7) is 10.7. The van der Waals surface area contributed by atoms with Gasteiger partial charge in [-0.15, -0.1) is 0 Å². The second-order valence-corrected chi connectivity index (χ2v) is 7.16. The van der Waals surface area contributed by atoms with Crippen LogP contribution in [-0.4, -0.2) is 30.3 Å². The maximum Gasteiger partial charge on any atom is 0.245 e. The number of nitrogens with two attached hydrogens (primary N) is 1. The van der Waals surface area contributed by atoms with Gasteiger partial charge in [-0.25, -0.2) is 0 Å². The number of anilines is 1. The van der Waals surface area contributed by atoms with Gasteiger partial charge in [0.2, 0.25) is 5.91 Å². The normalized spacial score (nSPS) is 26.3. The van der Waals surface area contributed by atoms with E-state index in [9.17, 15) is 4.79 Å². The lowest BCUT2D eigenvalue weighted by molar-refractivity contribution is -0.166. The van der Waals surface area contributed by atoms with Crippen LogP contribution in [0.4, 0.5) is 5.69 Å². The zero-order valence-electron chi connectivity index (χ0n) is 15.4. The minimum absolute atomic E-state index is 0.0181. The first-order chi connectivity index (χ1) is 11.2. The molecule has 1 aromatic carbocycles.